The highest BCUT2D eigenvalue weighted by Crippen LogP contribution is 2.36. The number of aliphatic hydroxyl groups is 1. The molecule has 186 valence electrons. The van der Waals surface area contributed by atoms with Crippen LogP contribution in [0.1, 0.15) is 24.4 Å². The molecule has 3 aromatic rings. The van der Waals surface area contributed by atoms with Crippen LogP contribution >= 0.6 is 11.6 Å². The van der Waals surface area contributed by atoms with Gasteiger partial charge in [-0.05, 0) is 47.9 Å². The molecule has 0 spiro atoms. The molecule has 10 heteroatoms. The minimum Gasteiger partial charge on any atom is -0.486 e. The van der Waals surface area contributed by atoms with Crippen LogP contribution in [0.2, 0.25) is 5.02 Å². The van der Waals surface area contributed by atoms with Crippen molar-refractivity contribution in [1.29, 1.82) is 0 Å². The number of hydrogen-bond donors (Lipinski definition) is 2. The Morgan fingerprint density at radius 3 is 2.66 bits per heavy atom. The van der Waals surface area contributed by atoms with E-state index < -0.39 is 29.7 Å². The lowest BCUT2D eigenvalue weighted by Gasteiger charge is -2.40. The molecular formula is C25H25ClF2N2O5. The van der Waals surface area contributed by atoms with Crippen LogP contribution in [0, 0.1) is 5.92 Å². The zero-order valence-corrected chi connectivity index (χ0v) is 19.7. The third-order valence-corrected chi connectivity index (χ3v) is 6.51. The van der Waals surface area contributed by atoms with E-state index in [4.69, 9.17) is 25.5 Å². The first-order chi connectivity index (χ1) is 16.7. The van der Waals surface area contributed by atoms with E-state index in [0.29, 0.717) is 46.6 Å². The summed E-state index contributed by atoms with van der Waals surface area (Å²) >= 11 is 5.93. The minimum atomic E-state index is -3.96. The summed E-state index contributed by atoms with van der Waals surface area (Å²) in [7, 11) is 0. The standard InChI is InChI=1S/C25H25ClF2N2O5/c1-14-11-30(12-14)13-18(23(31)15-2-4-20-21(9-15)34-7-6-33-20)29-24(32)25(27,28)22-10-16-8-17(26)3-5-19(16)35-22/h2-5,8-10,14,18,23,31H,6-7,11-13H2,1H3,(H,29,32)/t18-,23-/m1/s1. The Kier molecular flexibility index (Phi) is 6.33. The number of furan rings is 1. The summed E-state index contributed by atoms with van der Waals surface area (Å²) in [6, 6.07) is 9.47. The Hall–Kier alpha value is -2.88. The topological polar surface area (TPSA) is 84.2 Å². The lowest BCUT2D eigenvalue weighted by Crippen LogP contribution is -2.55. The molecule has 7 nitrogen and oxygen atoms in total. The van der Waals surface area contributed by atoms with Crippen LogP contribution < -0.4 is 14.8 Å². The Morgan fingerprint density at radius 2 is 1.91 bits per heavy atom. The Balaban J connectivity index is 1.38. The molecule has 2 aliphatic rings. The lowest BCUT2D eigenvalue weighted by molar-refractivity contribution is -0.151. The van der Waals surface area contributed by atoms with Crippen molar-refractivity contribution in [3.05, 3.63) is 58.8 Å². The molecular weight excluding hydrogens is 482 g/mol. The van der Waals surface area contributed by atoms with Crippen molar-refractivity contribution in [2.24, 2.45) is 5.92 Å². The molecule has 2 N–H and O–H groups in total. The van der Waals surface area contributed by atoms with Crippen molar-refractivity contribution in [2.75, 3.05) is 32.8 Å². The largest absolute Gasteiger partial charge is 0.486 e. The van der Waals surface area contributed by atoms with Crippen LogP contribution in [0.3, 0.4) is 0 Å². The number of carbonyl (C=O) groups is 1. The summed E-state index contributed by atoms with van der Waals surface area (Å²) in [5.41, 5.74) is 0.620. The second-order valence-electron chi connectivity index (χ2n) is 9.12. The first-order valence-corrected chi connectivity index (χ1v) is 11.8. The molecule has 2 atom stereocenters. The number of hydrogen-bond acceptors (Lipinski definition) is 6. The summed E-state index contributed by atoms with van der Waals surface area (Å²) in [5.74, 6) is -4.85. The molecule has 3 heterocycles. The summed E-state index contributed by atoms with van der Waals surface area (Å²) in [6.07, 6.45) is -1.25. The average Bonchev–Trinajstić information content (AvgIpc) is 3.25. The number of benzene rings is 2. The molecule has 0 radical (unpaired) electrons. The Bertz CT molecular complexity index is 1240. The number of rotatable bonds is 7. The maximum atomic E-state index is 15.2. The van der Waals surface area contributed by atoms with Crippen molar-refractivity contribution in [3.8, 4) is 11.5 Å². The van der Waals surface area contributed by atoms with Gasteiger partial charge in [-0.15, -0.1) is 0 Å². The van der Waals surface area contributed by atoms with Crippen molar-refractivity contribution in [3.63, 3.8) is 0 Å². The van der Waals surface area contributed by atoms with Gasteiger partial charge in [0, 0.05) is 30.0 Å². The monoisotopic (exact) mass is 506 g/mol. The quantitative estimate of drug-likeness (QED) is 0.501. The number of ether oxygens (including phenoxy) is 2. The Labute approximate surface area is 205 Å². The Morgan fingerprint density at radius 1 is 1.17 bits per heavy atom. The van der Waals surface area contributed by atoms with Gasteiger partial charge >= 0.3 is 5.92 Å². The molecule has 0 unspecified atom stereocenters. The summed E-state index contributed by atoms with van der Waals surface area (Å²) < 4.78 is 46.7. The van der Waals surface area contributed by atoms with Gasteiger partial charge < -0.3 is 29.2 Å². The van der Waals surface area contributed by atoms with Crippen LogP contribution in [0.15, 0.2) is 46.9 Å². The van der Waals surface area contributed by atoms with Crippen LogP contribution in [0.25, 0.3) is 11.0 Å². The predicted octanol–water partition coefficient (Wildman–Crippen LogP) is 4.12. The number of fused-ring (bicyclic) bond motifs is 2. The predicted molar refractivity (Wildman–Crippen MR) is 125 cm³/mol. The minimum absolute atomic E-state index is 0.194. The van der Waals surface area contributed by atoms with Gasteiger partial charge in [-0.3, -0.25) is 4.79 Å². The molecule has 2 aliphatic heterocycles. The number of alkyl halides is 2. The van der Waals surface area contributed by atoms with E-state index in [9.17, 15) is 9.90 Å². The van der Waals surface area contributed by atoms with Crippen LogP contribution in [-0.4, -0.2) is 54.8 Å². The highest BCUT2D eigenvalue weighted by atomic mass is 35.5. The first kappa shape index (κ1) is 23.8. The molecule has 2 aromatic carbocycles. The van der Waals surface area contributed by atoms with Gasteiger partial charge in [-0.25, -0.2) is 0 Å². The van der Waals surface area contributed by atoms with E-state index in [1.54, 1.807) is 18.2 Å². The van der Waals surface area contributed by atoms with Gasteiger partial charge in [0.25, 0.3) is 5.91 Å². The number of likely N-dealkylation sites (tertiary alicyclic amines) is 1. The summed E-state index contributed by atoms with van der Waals surface area (Å²) in [6.45, 7) is 4.57. The molecule has 1 fully saturated rings. The SMILES string of the molecule is CC1CN(C[C@@H](NC(=O)C(F)(F)c2cc3cc(Cl)ccc3o2)[C@H](O)c2ccc3c(c2)OCCO3)C1. The smallest absolute Gasteiger partial charge is 0.380 e. The molecule has 1 aromatic heterocycles. The highest BCUT2D eigenvalue weighted by molar-refractivity contribution is 6.31. The van der Waals surface area contributed by atoms with Gasteiger partial charge in [-0.2, -0.15) is 8.78 Å². The van der Waals surface area contributed by atoms with Gasteiger partial charge in [-0.1, -0.05) is 24.6 Å². The van der Waals surface area contributed by atoms with Gasteiger partial charge in [0.05, 0.1) is 6.04 Å². The molecule has 0 bridgehead atoms. The van der Waals surface area contributed by atoms with Crippen LogP contribution in [-0.2, 0) is 10.7 Å². The fourth-order valence-electron chi connectivity index (χ4n) is 4.50. The van der Waals surface area contributed by atoms with Crippen LogP contribution in [0.5, 0.6) is 11.5 Å². The molecule has 1 amide bonds. The molecule has 35 heavy (non-hydrogen) atoms. The number of nitrogens with one attached hydrogen (secondary N) is 1. The number of aliphatic hydroxyl groups excluding tert-OH is 1. The number of carbonyl (C=O) groups excluding carboxylic acids is 1. The fourth-order valence-corrected chi connectivity index (χ4v) is 4.68. The zero-order chi connectivity index (χ0) is 24.7. The molecule has 5 rings (SSSR count). The molecule has 0 saturated carbocycles. The van der Waals surface area contributed by atoms with Crippen molar-refractivity contribution in [2.45, 2.75) is 25.0 Å². The normalized spacial score (nSPS) is 18.2. The molecule has 1 saturated heterocycles. The van der Waals surface area contributed by atoms with Crippen LogP contribution in [0.4, 0.5) is 8.78 Å². The zero-order valence-electron chi connectivity index (χ0n) is 19.0. The second-order valence-corrected chi connectivity index (χ2v) is 9.56. The second kappa shape index (κ2) is 9.29. The van der Waals surface area contributed by atoms with E-state index in [2.05, 4.69) is 12.2 Å². The van der Waals surface area contributed by atoms with E-state index in [1.165, 1.54) is 18.2 Å². The van der Waals surface area contributed by atoms with Crippen molar-refractivity contribution >= 4 is 28.5 Å². The van der Waals surface area contributed by atoms with E-state index in [1.807, 2.05) is 4.90 Å². The summed E-state index contributed by atoms with van der Waals surface area (Å²) in [4.78, 5) is 14.8. The first-order valence-electron chi connectivity index (χ1n) is 11.4. The fraction of sp³-hybridized carbons (Fsp3) is 0.400. The van der Waals surface area contributed by atoms with E-state index in [-0.39, 0.29) is 12.1 Å². The average molecular weight is 507 g/mol. The number of nitrogens with zero attached hydrogens (tertiary/aromatic N) is 1. The van der Waals surface area contributed by atoms with Crippen molar-refractivity contribution in [1.82, 2.24) is 10.2 Å². The summed E-state index contributed by atoms with van der Waals surface area (Å²) in [5, 5.41) is 14.2. The molecule has 0 aliphatic carbocycles. The van der Waals surface area contributed by atoms with Gasteiger partial charge in [0.1, 0.15) is 24.9 Å². The highest BCUT2D eigenvalue weighted by Gasteiger charge is 2.46. The van der Waals surface area contributed by atoms with Gasteiger partial charge in [0.2, 0.25) is 0 Å². The number of halogens is 3. The van der Waals surface area contributed by atoms with Gasteiger partial charge in [0.15, 0.2) is 17.3 Å². The number of amides is 1. The van der Waals surface area contributed by atoms with Crippen molar-refractivity contribution < 1.29 is 32.6 Å². The van der Waals surface area contributed by atoms with E-state index in [0.717, 1.165) is 19.2 Å². The third-order valence-electron chi connectivity index (χ3n) is 6.27. The maximum absolute atomic E-state index is 15.2. The third kappa shape index (κ3) is 4.80. The van der Waals surface area contributed by atoms with E-state index >= 15 is 8.78 Å². The maximum Gasteiger partial charge on any atom is 0.380 e. The lowest BCUT2D eigenvalue weighted by atomic mass is 9.97.